The number of ether oxygens (including phenoxy) is 1. The Morgan fingerprint density at radius 3 is 2.48 bits per heavy atom. The van der Waals surface area contributed by atoms with Gasteiger partial charge in [-0.05, 0) is 54.3 Å². The minimum absolute atomic E-state index is 0.0838. The lowest BCUT2D eigenvalue weighted by atomic mass is 9.93. The number of nitrogens with one attached hydrogen (secondary N) is 1. The zero-order chi connectivity index (χ0) is 19.6. The highest BCUT2D eigenvalue weighted by molar-refractivity contribution is 6.42. The van der Waals surface area contributed by atoms with E-state index in [1.807, 2.05) is 6.07 Å². The van der Waals surface area contributed by atoms with Gasteiger partial charge in [0.1, 0.15) is 0 Å². The number of carboxylic acid groups (broad SMARTS) is 1. The van der Waals surface area contributed by atoms with Crippen LogP contribution >= 0.6 is 23.2 Å². The summed E-state index contributed by atoms with van der Waals surface area (Å²) in [6.07, 6.45) is 0.669. The smallest absolute Gasteiger partial charge is 0.335 e. The number of aromatic carboxylic acids is 1. The van der Waals surface area contributed by atoms with E-state index in [0.717, 1.165) is 11.1 Å². The summed E-state index contributed by atoms with van der Waals surface area (Å²) in [4.78, 5) is 23.3. The van der Waals surface area contributed by atoms with Crippen LogP contribution in [0.4, 0.5) is 0 Å². The summed E-state index contributed by atoms with van der Waals surface area (Å²) >= 11 is 12.1. The summed E-state index contributed by atoms with van der Waals surface area (Å²) in [6.45, 7) is 1.20. The minimum atomic E-state index is -0.947. The second kappa shape index (κ2) is 7.89. The van der Waals surface area contributed by atoms with Crippen molar-refractivity contribution in [3.63, 3.8) is 0 Å². The van der Waals surface area contributed by atoms with Crippen LogP contribution in [0.15, 0.2) is 42.5 Å². The van der Waals surface area contributed by atoms with Crippen molar-refractivity contribution in [3.8, 4) is 0 Å². The van der Waals surface area contributed by atoms with Crippen LogP contribution in [0.1, 0.15) is 27.9 Å². The molecule has 5 nitrogen and oxygen atoms in total. The number of benzene rings is 2. The fraction of sp³-hybridized carbons (Fsp3) is 0.300. The molecule has 3 rings (SSSR count). The quantitative estimate of drug-likeness (QED) is 0.680. The van der Waals surface area contributed by atoms with Gasteiger partial charge in [0.05, 0.1) is 28.1 Å². The maximum Gasteiger partial charge on any atom is 0.335 e. The van der Waals surface area contributed by atoms with Gasteiger partial charge in [-0.15, -0.1) is 0 Å². The van der Waals surface area contributed by atoms with Crippen molar-refractivity contribution in [2.75, 3.05) is 13.7 Å². The number of esters is 1. The van der Waals surface area contributed by atoms with Crippen LogP contribution in [-0.4, -0.2) is 30.7 Å². The summed E-state index contributed by atoms with van der Waals surface area (Å²) in [7, 11) is 1.38. The van der Waals surface area contributed by atoms with Crippen molar-refractivity contribution in [2.45, 2.75) is 18.4 Å². The van der Waals surface area contributed by atoms with Gasteiger partial charge < -0.3 is 15.2 Å². The molecule has 0 bridgehead atoms. The molecular formula is C20H19Cl2NO4. The predicted octanol–water partition coefficient (Wildman–Crippen LogP) is 3.91. The Morgan fingerprint density at radius 2 is 1.89 bits per heavy atom. The number of hydrogen-bond acceptors (Lipinski definition) is 4. The fourth-order valence-corrected chi connectivity index (χ4v) is 3.71. The second-order valence-electron chi connectivity index (χ2n) is 6.63. The van der Waals surface area contributed by atoms with Gasteiger partial charge in [-0.1, -0.05) is 41.4 Å². The first-order chi connectivity index (χ1) is 12.9. The lowest BCUT2D eigenvalue weighted by molar-refractivity contribution is -0.144. The van der Waals surface area contributed by atoms with Gasteiger partial charge in [0.2, 0.25) is 0 Å². The molecule has 0 amide bonds. The molecule has 142 valence electrons. The van der Waals surface area contributed by atoms with Crippen molar-refractivity contribution in [1.82, 2.24) is 5.32 Å². The van der Waals surface area contributed by atoms with Gasteiger partial charge in [0, 0.05) is 6.54 Å². The normalized spacial score (nSPS) is 20.9. The van der Waals surface area contributed by atoms with Gasteiger partial charge in [0.15, 0.2) is 0 Å². The molecule has 1 aliphatic carbocycles. The van der Waals surface area contributed by atoms with Gasteiger partial charge in [0.25, 0.3) is 0 Å². The predicted molar refractivity (Wildman–Crippen MR) is 103 cm³/mol. The van der Waals surface area contributed by atoms with E-state index in [1.54, 1.807) is 36.4 Å². The Balaban J connectivity index is 1.65. The maximum absolute atomic E-state index is 12.5. The summed E-state index contributed by atoms with van der Waals surface area (Å²) in [5.74, 6) is -1.14. The van der Waals surface area contributed by atoms with Crippen LogP contribution in [-0.2, 0) is 21.5 Å². The number of rotatable bonds is 7. The molecule has 1 saturated carbocycles. The lowest BCUT2D eigenvalue weighted by Crippen LogP contribution is -2.28. The number of carbonyl (C=O) groups excluding carboxylic acids is 1. The van der Waals surface area contributed by atoms with Crippen LogP contribution in [0, 0.1) is 5.92 Å². The number of carboxylic acids is 1. The lowest BCUT2D eigenvalue weighted by Gasteiger charge is -2.17. The summed E-state index contributed by atoms with van der Waals surface area (Å²) in [6, 6.07) is 11.9. The Bertz CT molecular complexity index is 869. The van der Waals surface area contributed by atoms with Gasteiger partial charge >= 0.3 is 11.9 Å². The van der Waals surface area contributed by atoms with Crippen molar-refractivity contribution >= 4 is 35.1 Å². The Labute approximate surface area is 167 Å². The molecular weight excluding hydrogens is 389 g/mol. The molecule has 1 fully saturated rings. The third-order valence-electron chi connectivity index (χ3n) is 5.01. The van der Waals surface area contributed by atoms with E-state index in [4.69, 9.17) is 33.0 Å². The highest BCUT2D eigenvalue weighted by Gasteiger charge is 2.61. The highest BCUT2D eigenvalue weighted by atomic mass is 35.5. The Hall–Kier alpha value is -2.08. The molecule has 0 aliphatic heterocycles. The Morgan fingerprint density at radius 1 is 1.19 bits per heavy atom. The maximum atomic E-state index is 12.5. The average molecular weight is 408 g/mol. The number of halogens is 2. The molecule has 2 aromatic rings. The first-order valence-corrected chi connectivity index (χ1v) is 9.21. The molecule has 2 N–H and O–H groups in total. The van der Waals surface area contributed by atoms with Crippen molar-refractivity contribution in [2.24, 2.45) is 5.92 Å². The largest absolute Gasteiger partial charge is 0.478 e. The zero-order valence-corrected chi connectivity index (χ0v) is 16.2. The molecule has 7 heteroatoms. The first-order valence-electron chi connectivity index (χ1n) is 8.45. The molecule has 2 atom stereocenters. The molecule has 27 heavy (non-hydrogen) atoms. The number of carbonyl (C=O) groups is 2. The number of hydrogen-bond donors (Lipinski definition) is 2. The van der Waals surface area contributed by atoms with Gasteiger partial charge in [-0.2, -0.15) is 0 Å². The van der Waals surface area contributed by atoms with Crippen LogP contribution in [0.25, 0.3) is 0 Å². The molecule has 0 heterocycles. The molecule has 0 radical (unpaired) electrons. The van der Waals surface area contributed by atoms with Crippen LogP contribution in [0.3, 0.4) is 0 Å². The molecule has 0 aromatic heterocycles. The van der Waals surface area contributed by atoms with E-state index >= 15 is 0 Å². The fourth-order valence-electron chi connectivity index (χ4n) is 3.41. The molecule has 2 aromatic carbocycles. The molecule has 1 aliphatic rings. The molecule has 0 unspecified atom stereocenters. The standard InChI is InChI=1S/C20H19Cl2NO4/c1-27-19(26)20(14-6-7-16(21)17(22)8-14)9-15(20)11-23-10-12-2-4-13(5-3-12)18(24)25/h2-8,15,23H,9-11H2,1H3,(H,24,25)/t15-,20-/m1/s1. The van der Waals surface area contributed by atoms with Crippen LogP contribution < -0.4 is 5.32 Å². The monoisotopic (exact) mass is 407 g/mol. The van der Waals surface area contributed by atoms with Gasteiger partial charge in [-0.3, -0.25) is 4.79 Å². The third kappa shape index (κ3) is 3.95. The zero-order valence-electron chi connectivity index (χ0n) is 14.7. The molecule has 0 spiro atoms. The van der Waals surface area contributed by atoms with E-state index in [1.165, 1.54) is 7.11 Å². The Kier molecular flexibility index (Phi) is 5.75. The van der Waals surface area contributed by atoms with Crippen molar-refractivity contribution < 1.29 is 19.4 Å². The highest BCUT2D eigenvalue weighted by Crippen LogP contribution is 2.55. The summed E-state index contributed by atoms with van der Waals surface area (Å²) < 4.78 is 5.03. The summed E-state index contributed by atoms with van der Waals surface area (Å²) in [5, 5.41) is 13.1. The van der Waals surface area contributed by atoms with Crippen molar-refractivity contribution in [1.29, 1.82) is 0 Å². The van der Waals surface area contributed by atoms with E-state index in [2.05, 4.69) is 5.32 Å². The van der Waals surface area contributed by atoms with Gasteiger partial charge in [-0.25, -0.2) is 4.79 Å². The number of methoxy groups -OCH3 is 1. The van der Waals surface area contributed by atoms with Crippen LogP contribution in [0.5, 0.6) is 0 Å². The SMILES string of the molecule is COC(=O)[C@@]1(c2ccc(Cl)c(Cl)c2)C[C@@H]1CNCc1ccc(C(=O)O)cc1. The van der Waals surface area contributed by atoms with E-state index in [0.29, 0.717) is 29.6 Å². The minimum Gasteiger partial charge on any atom is -0.478 e. The summed E-state index contributed by atoms with van der Waals surface area (Å²) in [5.41, 5.74) is 1.33. The van der Waals surface area contributed by atoms with E-state index in [-0.39, 0.29) is 17.5 Å². The van der Waals surface area contributed by atoms with Crippen molar-refractivity contribution in [3.05, 3.63) is 69.2 Å². The topological polar surface area (TPSA) is 75.6 Å². The average Bonchev–Trinajstić information content (AvgIpc) is 3.39. The van der Waals surface area contributed by atoms with Crippen LogP contribution in [0.2, 0.25) is 10.0 Å². The molecule has 0 saturated heterocycles. The first kappa shape index (κ1) is 19.7. The second-order valence-corrected chi connectivity index (χ2v) is 7.44. The van der Waals surface area contributed by atoms with E-state index < -0.39 is 11.4 Å². The third-order valence-corrected chi connectivity index (χ3v) is 5.75. The van der Waals surface area contributed by atoms with E-state index in [9.17, 15) is 9.59 Å².